The summed E-state index contributed by atoms with van der Waals surface area (Å²) >= 11 is 0. The van der Waals surface area contributed by atoms with Gasteiger partial charge in [0.15, 0.2) is 0 Å². The van der Waals surface area contributed by atoms with E-state index in [4.69, 9.17) is 5.73 Å². The highest BCUT2D eigenvalue weighted by Crippen LogP contribution is 2.12. The molecule has 0 saturated heterocycles. The molecule has 3 nitrogen and oxygen atoms in total. The van der Waals surface area contributed by atoms with E-state index < -0.39 is 6.04 Å². The molecular weight excluding hydrogens is 236 g/mol. The van der Waals surface area contributed by atoms with Gasteiger partial charge in [0, 0.05) is 6.54 Å². The van der Waals surface area contributed by atoms with Gasteiger partial charge < -0.3 is 11.1 Å². The van der Waals surface area contributed by atoms with Gasteiger partial charge in [-0.1, -0.05) is 48.1 Å². The molecule has 0 bridgehead atoms. The van der Waals surface area contributed by atoms with Crippen LogP contribution in [0.15, 0.2) is 48.1 Å². The molecule has 0 fully saturated rings. The summed E-state index contributed by atoms with van der Waals surface area (Å²) in [4.78, 5) is 12.0. The van der Waals surface area contributed by atoms with E-state index in [0.29, 0.717) is 6.54 Å². The van der Waals surface area contributed by atoms with E-state index in [1.807, 2.05) is 31.2 Å². The van der Waals surface area contributed by atoms with Crippen LogP contribution in [0.5, 0.6) is 0 Å². The Bertz CT molecular complexity index is 500. The van der Waals surface area contributed by atoms with Crippen molar-refractivity contribution >= 4 is 5.91 Å². The lowest BCUT2D eigenvalue weighted by molar-refractivity contribution is -0.122. The SMILES string of the molecule is Cc1ccc(C(N)C(=O)NCC2=CCCC=C2)cc1. The Morgan fingerprint density at radius 3 is 2.68 bits per heavy atom. The molecule has 1 aromatic rings. The van der Waals surface area contributed by atoms with Crippen molar-refractivity contribution in [3.05, 3.63) is 59.2 Å². The van der Waals surface area contributed by atoms with E-state index in [-0.39, 0.29) is 5.91 Å². The maximum absolute atomic E-state index is 12.0. The van der Waals surface area contributed by atoms with Crippen LogP contribution in [0.25, 0.3) is 0 Å². The number of hydrogen-bond donors (Lipinski definition) is 2. The number of hydrogen-bond acceptors (Lipinski definition) is 2. The van der Waals surface area contributed by atoms with Gasteiger partial charge in [0.25, 0.3) is 0 Å². The molecule has 0 radical (unpaired) electrons. The number of allylic oxidation sites excluding steroid dienone is 2. The van der Waals surface area contributed by atoms with Gasteiger partial charge in [0.2, 0.25) is 5.91 Å². The standard InChI is InChI=1S/C16H20N2O/c1-12-7-9-14(10-8-12)15(17)16(19)18-11-13-5-3-2-4-6-13/h3,5-10,15H,2,4,11,17H2,1H3,(H,18,19). The summed E-state index contributed by atoms with van der Waals surface area (Å²) in [5, 5.41) is 2.88. The highest BCUT2D eigenvalue weighted by molar-refractivity contribution is 5.83. The van der Waals surface area contributed by atoms with Crippen molar-refractivity contribution in [2.45, 2.75) is 25.8 Å². The third-order valence-corrected chi connectivity index (χ3v) is 3.26. The number of amides is 1. The quantitative estimate of drug-likeness (QED) is 0.869. The Morgan fingerprint density at radius 2 is 2.05 bits per heavy atom. The number of nitrogens with one attached hydrogen (secondary N) is 1. The van der Waals surface area contributed by atoms with E-state index in [9.17, 15) is 4.79 Å². The molecule has 2 rings (SSSR count). The van der Waals surface area contributed by atoms with Crippen molar-refractivity contribution in [2.24, 2.45) is 5.73 Å². The Kier molecular flexibility index (Phi) is 4.53. The minimum Gasteiger partial charge on any atom is -0.350 e. The second kappa shape index (κ2) is 6.34. The van der Waals surface area contributed by atoms with Crippen LogP contribution in [0, 0.1) is 6.92 Å². The third-order valence-electron chi connectivity index (χ3n) is 3.26. The molecule has 1 unspecified atom stereocenters. The number of carbonyl (C=O) groups excluding carboxylic acids is 1. The fourth-order valence-corrected chi connectivity index (χ4v) is 2.02. The molecule has 0 aromatic heterocycles. The number of aryl methyl sites for hydroxylation is 1. The van der Waals surface area contributed by atoms with Gasteiger partial charge in [-0.05, 0) is 30.9 Å². The van der Waals surface area contributed by atoms with Gasteiger partial charge in [-0.25, -0.2) is 0 Å². The average molecular weight is 256 g/mol. The van der Waals surface area contributed by atoms with Crippen LogP contribution >= 0.6 is 0 Å². The van der Waals surface area contributed by atoms with E-state index in [2.05, 4.69) is 23.5 Å². The molecule has 0 saturated carbocycles. The first-order valence-corrected chi connectivity index (χ1v) is 6.62. The van der Waals surface area contributed by atoms with Crippen molar-refractivity contribution in [3.8, 4) is 0 Å². The van der Waals surface area contributed by atoms with Crippen molar-refractivity contribution in [1.82, 2.24) is 5.32 Å². The van der Waals surface area contributed by atoms with Crippen LogP contribution in [0.1, 0.15) is 30.0 Å². The maximum Gasteiger partial charge on any atom is 0.241 e. The van der Waals surface area contributed by atoms with Crippen LogP contribution in [0.4, 0.5) is 0 Å². The fraction of sp³-hybridized carbons (Fsp3) is 0.312. The van der Waals surface area contributed by atoms with Gasteiger partial charge in [-0.15, -0.1) is 0 Å². The molecule has 1 atom stereocenters. The summed E-state index contributed by atoms with van der Waals surface area (Å²) in [7, 11) is 0. The first-order chi connectivity index (χ1) is 9.16. The second-order valence-corrected chi connectivity index (χ2v) is 4.86. The van der Waals surface area contributed by atoms with E-state index in [1.54, 1.807) is 0 Å². The monoisotopic (exact) mass is 256 g/mol. The molecule has 3 N–H and O–H groups in total. The molecular formula is C16H20N2O. The van der Waals surface area contributed by atoms with Crippen LogP contribution in [0.2, 0.25) is 0 Å². The largest absolute Gasteiger partial charge is 0.350 e. The number of rotatable bonds is 4. The summed E-state index contributed by atoms with van der Waals surface area (Å²) < 4.78 is 0. The minimum atomic E-state index is -0.603. The highest BCUT2D eigenvalue weighted by Gasteiger charge is 2.15. The van der Waals surface area contributed by atoms with E-state index in [1.165, 1.54) is 0 Å². The van der Waals surface area contributed by atoms with E-state index >= 15 is 0 Å². The molecule has 1 amide bonds. The lowest BCUT2D eigenvalue weighted by Gasteiger charge is -2.14. The van der Waals surface area contributed by atoms with E-state index in [0.717, 1.165) is 29.5 Å². The zero-order valence-electron chi connectivity index (χ0n) is 11.2. The lowest BCUT2D eigenvalue weighted by atomic mass is 10.0. The van der Waals surface area contributed by atoms with Crippen molar-refractivity contribution in [1.29, 1.82) is 0 Å². The molecule has 19 heavy (non-hydrogen) atoms. The first-order valence-electron chi connectivity index (χ1n) is 6.62. The Morgan fingerprint density at radius 1 is 1.32 bits per heavy atom. The third kappa shape index (κ3) is 3.80. The number of nitrogens with two attached hydrogens (primary N) is 1. The molecule has 0 heterocycles. The number of carbonyl (C=O) groups is 1. The van der Waals surface area contributed by atoms with Gasteiger partial charge in [0.1, 0.15) is 6.04 Å². The molecule has 3 heteroatoms. The van der Waals surface area contributed by atoms with Gasteiger partial charge in [0.05, 0.1) is 0 Å². The maximum atomic E-state index is 12.0. The second-order valence-electron chi connectivity index (χ2n) is 4.86. The van der Waals surface area contributed by atoms with Crippen LogP contribution in [0.3, 0.4) is 0 Å². The molecule has 100 valence electrons. The summed E-state index contributed by atoms with van der Waals surface area (Å²) in [5.41, 5.74) is 9.11. The average Bonchev–Trinajstić information content (AvgIpc) is 2.46. The molecule has 0 aliphatic heterocycles. The van der Waals surface area contributed by atoms with Crippen LogP contribution < -0.4 is 11.1 Å². The fourth-order valence-electron chi connectivity index (χ4n) is 2.02. The smallest absolute Gasteiger partial charge is 0.241 e. The van der Waals surface area contributed by atoms with Crippen molar-refractivity contribution in [2.75, 3.05) is 6.54 Å². The summed E-state index contributed by atoms with van der Waals surface area (Å²) in [6.45, 7) is 2.56. The normalized spacial score (nSPS) is 15.8. The molecule has 1 aliphatic rings. The van der Waals surface area contributed by atoms with Crippen LogP contribution in [-0.4, -0.2) is 12.5 Å². The lowest BCUT2D eigenvalue weighted by Crippen LogP contribution is -2.35. The van der Waals surface area contributed by atoms with Gasteiger partial charge in [-0.2, -0.15) is 0 Å². The summed E-state index contributed by atoms with van der Waals surface area (Å²) in [6, 6.07) is 7.14. The Labute approximate surface area is 114 Å². The Balaban J connectivity index is 1.90. The minimum absolute atomic E-state index is 0.135. The first kappa shape index (κ1) is 13.6. The molecule has 1 aromatic carbocycles. The topological polar surface area (TPSA) is 55.1 Å². The highest BCUT2D eigenvalue weighted by atomic mass is 16.2. The predicted octanol–water partition coefficient (Wildman–Crippen LogP) is 2.39. The zero-order valence-corrected chi connectivity index (χ0v) is 11.2. The summed E-state index contributed by atoms with van der Waals surface area (Å²) in [6.07, 6.45) is 8.46. The van der Waals surface area contributed by atoms with Gasteiger partial charge in [-0.3, -0.25) is 4.79 Å². The zero-order chi connectivity index (χ0) is 13.7. The Hall–Kier alpha value is -1.87. The van der Waals surface area contributed by atoms with Crippen molar-refractivity contribution < 1.29 is 4.79 Å². The van der Waals surface area contributed by atoms with Crippen LogP contribution in [-0.2, 0) is 4.79 Å². The molecule has 0 spiro atoms. The summed E-state index contributed by atoms with van der Waals surface area (Å²) in [5.74, 6) is -0.135. The number of benzene rings is 1. The van der Waals surface area contributed by atoms with Gasteiger partial charge >= 0.3 is 0 Å². The predicted molar refractivity (Wildman–Crippen MR) is 77.6 cm³/mol. The van der Waals surface area contributed by atoms with Crippen molar-refractivity contribution in [3.63, 3.8) is 0 Å². The molecule has 1 aliphatic carbocycles.